The molecule has 0 saturated carbocycles. The van der Waals surface area contributed by atoms with E-state index in [1.165, 1.54) is 0 Å². The molecule has 1 N–H and O–H groups in total. The van der Waals surface area contributed by atoms with Gasteiger partial charge in [-0.15, -0.1) is 0 Å². The monoisotopic (exact) mass is 284 g/mol. The third-order valence-corrected chi connectivity index (χ3v) is 4.06. The minimum atomic E-state index is -1.44. The maximum atomic E-state index is 12.2. The number of hydrogen-bond acceptors (Lipinski definition) is 3. The lowest BCUT2D eigenvalue weighted by atomic mass is 9.87. The van der Waals surface area contributed by atoms with E-state index in [1.807, 2.05) is 39.8 Å². The lowest BCUT2D eigenvalue weighted by molar-refractivity contribution is -0.485. The fourth-order valence-electron chi connectivity index (χ4n) is 1.50. The number of benzene rings is 1. The topological polar surface area (TPSA) is 72.2 Å². The fourth-order valence-corrected chi connectivity index (χ4v) is 2.70. The summed E-state index contributed by atoms with van der Waals surface area (Å²) >= 11 is 0. The molecule has 0 radical (unpaired) electrons. The minimum absolute atomic E-state index is 0.249. The van der Waals surface area contributed by atoms with Crippen LogP contribution in [0.1, 0.15) is 26.3 Å². The molecule has 106 valence electrons. The van der Waals surface area contributed by atoms with Gasteiger partial charge in [0.05, 0.1) is 10.9 Å². The lowest BCUT2D eigenvalue weighted by Gasteiger charge is -2.27. The summed E-state index contributed by atoms with van der Waals surface area (Å²) in [6.45, 7) is 7.37. The van der Waals surface area contributed by atoms with Gasteiger partial charge in [0.25, 0.3) is 0 Å². The molecule has 6 heteroatoms. The van der Waals surface area contributed by atoms with Crippen molar-refractivity contribution in [3.63, 3.8) is 0 Å². The predicted molar refractivity (Wildman–Crippen MR) is 75.8 cm³/mol. The molecule has 0 aromatic heterocycles. The second kappa shape index (κ2) is 6.25. The van der Waals surface area contributed by atoms with Crippen molar-refractivity contribution in [2.45, 2.75) is 38.6 Å². The number of hydrogen-bond donors (Lipinski definition) is 1. The molecule has 0 spiro atoms. The van der Waals surface area contributed by atoms with Gasteiger partial charge in [-0.25, -0.2) is 8.93 Å². The zero-order valence-corrected chi connectivity index (χ0v) is 12.5. The summed E-state index contributed by atoms with van der Waals surface area (Å²) in [5, 5.41) is 10.7. The number of nitrogens with one attached hydrogen (secondary N) is 1. The Bertz CT molecular complexity index is 466. The summed E-state index contributed by atoms with van der Waals surface area (Å²) in [5.74, 6) is 0. The van der Waals surface area contributed by atoms with Crippen LogP contribution in [0.4, 0.5) is 0 Å². The van der Waals surface area contributed by atoms with Crippen LogP contribution in [0, 0.1) is 22.5 Å². The van der Waals surface area contributed by atoms with Gasteiger partial charge in [0.1, 0.15) is 11.0 Å². The fraction of sp³-hybridized carbons (Fsp3) is 0.538. The van der Waals surface area contributed by atoms with Gasteiger partial charge in [-0.05, 0) is 24.5 Å². The SMILES string of the molecule is Cc1ccc(S(=O)N[C@H](C[N+](=O)[O-])C(C)(C)C)cc1. The maximum Gasteiger partial charge on any atom is 0.220 e. The van der Waals surface area contributed by atoms with Crippen LogP contribution in [-0.4, -0.2) is 21.7 Å². The van der Waals surface area contributed by atoms with Crippen molar-refractivity contribution in [3.8, 4) is 0 Å². The van der Waals surface area contributed by atoms with Crippen molar-refractivity contribution in [3.05, 3.63) is 39.9 Å². The van der Waals surface area contributed by atoms with Gasteiger partial charge in [0.2, 0.25) is 6.54 Å². The highest BCUT2D eigenvalue weighted by Gasteiger charge is 2.30. The van der Waals surface area contributed by atoms with E-state index in [1.54, 1.807) is 12.1 Å². The molecule has 19 heavy (non-hydrogen) atoms. The molecule has 0 saturated heterocycles. The highest BCUT2D eigenvalue weighted by molar-refractivity contribution is 7.83. The Morgan fingerprint density at radius 3 is 2.26 bits per heavy atom. The van der Waals surface area contributed by atoms with E-state index in [9.17, 15) is 14.3 Å². The van der Waals surface area contributed by atoms with Crippen molar-refractivity contribution in [1.82, 2.24) is 4.72 Å². The summed E-state index contributed by atoms with van der Waals surface area (Å²) in [6, 6.07) is 6.82. The van der Waals surface area contributed by atoms with Crippen LogP contribution in [-0.2, 0) is 11.0 Å². The molecule has 0 fully saturated rings. The van der Waals surface area contributed by atoms with E-state index < -0.39 is 17.0 Å². The van der Waals surface area contributed by atoms with Crippen LogP contribution in [0.15, 0.2) is 29.2 Å². The van der Waals surface area contributed by atoms with Gasteiger partial charge in [0, 0.05) is 4.92 Å². The predicted octanol–water partition coefficient (Wildman–Crippen LogP) is 2.30. The quantitative estimate of drug-likeness (QED) is 0.666. The van der Waals surface area contributed by atoms with Crippen molar-refractivity contribution in [1.29, 1.82) is 0 Å². The van der Waals surface area contributed by atoms with Crippen LogP contribution in [0.25, 0.3) is 0 Å². The van der Waals surface area contributed by atoms with Gasteiger partial charge < -0.3 is 0 Å². The first-order chi connectivity index (χ1) is 8.70. The first-order valence-electron chi connectivity index (χ1n) is 6.06. The molecule has 0 aliphatic heterocycles. The number of nitro groups is 1. The molecule has 5 nitrogen and oxygen atoms in total. The third-order valence-electron chi connectivity index (χ3n) is 2.86. The summed E-state index contributed by atoms with van der Waals surface area (Å²) < 4.78 is 15.0. The number of rotatable bonds is 5. The molecule has 2 atom stereocenters. The zero-order valence-electron chi connectivity index (χ0n) is 11.7. The van der Waals surface area contributed by atoms with Crippen molar-refractivity contribution < 1.29 is 9.13 Å². The molecule has 0 heterocycles. The van der Waals surface area contributed by atoms with Gasteiger partial charge in [-0.2, -0.15) is 0 Å². The molecule has 1 aromatic carbocycles. The number of aryl methyl sites for hydroxylation is 1. The Hall–Kier alpha value is -1.27. The molecule has 1 rings (SSSR count). The maximum absolute atomic E-state index is 12.2. The molecular weight excluding hydrogens is 264 g/mol. The zero-order chi connectivity index (χ0) is 14.6. The smallest absolute Gasteiger partial charge is 0.220 e. The Labute approximate surface area is 116 Å². The van der Waals surface area contributed by atoms with Gasteiger partial charge in [0.15, 0.2) is 0 Å². The van der Waals surface area contributed by atoms with Crippen molar-refractivity contribution in [2.75, 3.05) is 6.54 Å². The van der Waals surface area contributed by atoms with Crippen LogP contribution >= 0.6 is 0 Å². The van der Waals surface area contributed by atoms with E-state index in [-0.39, 0.29) is 16.9 Å². The van der Waals surface area contributed by atoms with E-state index in [0.717, 1.165) is 5.56 Å². The standard InChI is InChI=1S/C13H20N2O3S/c1-10-5-7-11(8-6-10)19(18)14-12(9-15(16)17)13(2,3)4/h5-8,12,14H,9H2,1-4H3/t12-,19?/m1/s1. The highest BCUT2D eigenvalue weighted by atomic mass is 32.2. The highest BCUT2D eigenvalue weighted by Crippen LogP contribution is 2.20. The van der Waals surface area contributed by atoms with Gasteiger partial charge >= 0.3 is 0 Å². The Morgan fingerprint density at radius 2 is 1.84 bits per heavy atom. The van der Waals surface area contributed by atoms with E-state index >= 15 is 0 Å². The summed E-state index contributed by atoms with van der Waals surface area (Å²) in [6.07, 6.45) is 0. The normalized spacial score (nSPS) is 14.9. The van der Waals surface area contributed by atoms with E-state index in [0.29, 0.717) is 4.90 Å². The van der Waals surface area contributed by atoms with E-state index in [2.05, 4.69) is 4.72 Å². The molecular formula is C13H20N2O3S. The first kappa shape index (κ1) is 15.8. The summed E-state index contributed by atoms with van der Waals surface area (Å²) in [5.41, 5.74) is 0.742. The van der Waals surface area contributed by atoms with Crippen LogP contribution in [0.5, 0.6) is 0 Å². The molecule has 0 aliphatic rings. The minimum Gasteiger partial charge on any atom is -0.264 e. The Morgan fingerprint density at radius 1 is 1.32 bits per heavy atom. The molecule has 0 aliphatic carbocycles. The molecule has 0 bridgehead atoms. The third kappa shape index (κ3) is 5.08. The molecule has 1 aromatic rings. The largest absolute Gasteiger partial charge is 0.264 e. The lowest BCUT2D eigenvalue weighted by Crippen LogP contribution is -2.45. The average Bonchev–Trinajstić information content (AvgIpc) is 2.27. The first-order valence-corrected chi connectivity index (χ1v) is 7.21. The Balaban J connectivity index is 2.81. The van der Waals surface area contributed by atoms with Gasteiger partial charge in [-0.3, -0.25) is 10.1 Å². The van der Waals surface area contributed by atoms with Crippen molar-refractivity contribution in [2.24, 2.45) is 5.41 Å². The van der Waals surface area contributed by atoms with Gasteiger partial charge in [-0.1, -0.05) is 38.5 Å². The Kier molecular flexibility index (Phi) is 5.20. The number of nitrogens with zero attached hydrogens (tertiary/aromatic N) is 1. The molecule has 1 unspecified atom stereocenters. The van der Waals surface area contributed by atoms with Crippen LogP contribution in [0.3, 0.4) is 0 Å². The summed E-state index contributed by atoms with van der Waals surface area (Å²) in [4.78, 5) is 10.9. The second-order valence-electron chi connectivity index (χ2n) is 5.63. The van der Waals surface area contributed by atoms with Crippen LogP contribution < -0.4 is 4.72 Å². The summed E-state index contributed by atoms with van der Waals surface area (Å²) in [7, 11) is -1.44. The van der Waals surface area contributed by atoms with E-state index in [4.69, 9.17) is 0 Å². The van der Waals surface area contributed by atoms with Crippen molar-refractivity contribution >= 4 is 11.0 Å². The van der Waals surface area contributed by atoms with Crippen LogP contribution in [0.2, 0.25) is 0 Å². The average molecular weight is 284 g/mol. The molecule has 0 amide bonds. The second-order valence-corrected chi connectivity index (χ2v) is 6.88.